The van der Waals surface area contributed by atoms with E-state index >= 15 is 0 Å². The molecule has 0 aromatic carbocycles. The topological polar surface area (TPSA) is 72.5 Å². The number of nitrogens with one attached hydrogen (secondary N) is 1. The molecular formula is C12H20N4O. The van der Waals surface area contributed by atoms with Gasteiger partial charge < -0.3 is 15.8 Å². The molecule has 0 bridgehead atoms. The minimum absolute atomic E-state index is 0.152. The molecule has 5 heteroatoms. The molecule has 0 radical (unpaired) electrons. The summed E-state index contributed by atoms with van der Waals surface area (Å²) in [6, 6.07) is 2.20. The Morgan fingerprint density at radius 2 is 2.35 bits per heavy atom. The van der Waals surface area contributed by atoms with Crippen LogP contribution in [0.1, 0.15) is 18.1 Å². The maximum atomic E-state index is 5.75. The van der Waals surface area contributed by atoms with E-state index in [0.29, 0.717) is 19.1 Å². The number of guanidine groups is 1. The fraction of sp³-hybridized carbons (Fsp3) is 0.500. The van der Waals surface area contributed by atoms with Crippen molar-refractivity contribution in [1.82, 2.24) is 10.3 Å². The summed E-state index contributed by atoms with van der Waals surface area (Å²) in [4.78, 5) is 8.35. The van der Waals surface area contributed by atoms with Gasteiger partial charge in [-0.2, -0.15) is 0 Å². The molecule has 1 atom stereocenters. The van der Waals surface area contributed by atoms with Crippen molar-refractivity contribution in [3.63, 3.8) is 0 Å². The minimum Gasteiger partial charge on any atom is -0.383 e. The molecule has 3 N–H and O–H groups in total. The standard InChI is InChI=1S/C12H20N4O/c1-9-4-11(6-14-5-9)7-15-12(13)16-10(2)8-17-3/h4-6,10H,7-8H2,1-3H3,(H3,13,15,16). The fourth-order valence-corrected chi connectivity index (χ4v) is 1.47. The second-order valence-electron chi connectivity index (χ2n) is 4.07. The first kappa shape index (κ1) is 13.4. The van der Waals surface area contributed by atoms with Crippen molar-refractivity contribution in [1.29, 1.82) is 0 Å². The van der Waals surface area contributed by atoms with Crippen LogP contribution in [0.15, 0.2) is 23.5 Å². The number of aliphatic imine (C=N–C) groups is 1. The molecule has 1 rings (SSSR count). The molecular weight excluding hydrogens is 216 g/mol. The summed E-state index contributed by atoms with van der Waals surface area (Å²) in [5.41, 5.74) is 7.93. The Bertz CT molecular complexity index is 379. The zero-order chi connectivity index (χ0) is 12.7. The summed E-state index contributed by atoms with van der Waals surface area (Å²) in [7, 11) is 1.66. The highest BCUT2D eigenvalue weighted by molar-refractivity contribution is 5.78. The van der Waals surface area contributed by atoms with Crippen LogP contribution in [0.4, 0.5) is 0 Å². The van der Waals surface area contributed by atoms with Gasteiger partial charge in [-0.15, -0.1) is 0 Å². The molecule has 0 aliphatic rings. The second kappa shape index (κ2) is 6.85. The highest BCUT2D eigenvalue weighted by Crippen LogP contribution is 2.02. The van der Waals surface area contributed by atoms with Crippen LogP contribution in [0, 0.1) is 6.92 Å². The number of hydrogen-bond donors (Lipinski definition) is 2. The van der Waals surface area contributed by atoms with Gasteiger partial charge >= 0.3 is 0 Å². The van der Waals surface area contributed by atoms with Crippen LogP contribution in [0.25, 0.3) is 0 Å². The third kappa shape index (κ3) is 5.31. The van der Waals surface area contributed by atoms with Gasteiger partial charge in [-0.25, -0.2) is 4.99 Å². The number of pyridine rings is 1. The highest BCUT2D eigenvalue weighted by atomic mass is 16.5. The molecule has 0 amide bonds. The fourth-order valence-electron chi connectivity index (χ4n) is 1.47. The molecule has 0 fully saturated rings. The van der Waals surface area contributed by atoms with Crippen molar-refractivity contribution >= 4 is 5.96 Å². The van der Waals surface area contributed by atoms with Crippen molar-refractivity contribution in [3.8, 4) is 0 Å². The van der Waals surface area contributed by atoms with E-state index in [0.717, 1.165) is 11.1 Å². The quantitative estimate of drug-likeness (QED) is 0.586. The van der Waals surface area contributed by atoms with Gasteiger partial charge in [-0.1, -0.05) is 6.07 Å². The first-order valence-electron chi connectivity index (χ1n) is 5.57. The van der Waals surface area contributed by atoms with Crippen LogP contribution in [-0.2, 0) is 11.3 Å². The maximum absolute atomic E-state index is 5.75. The minimum atomic E-state index is 0.152. The van der Waals surface area contributed by atoms with E-state index in [2.05, 4.69) is 15.3 Å². The Morgan fingerprint density at radius 3 is 3.00 bits per heavy atom. The SMILES string of the molecule is COCC(C)NC(N)=NCc1cncc(C)c1. The third-order valence-corrected chi connectivity index (χ3v) is 2.17. The normalized spacial score (nSPS) is 13.5. The molecule has 5 nitrogen and oxygen atoms in total. The summed E-state index contributed by atoms with van der Waals surface area (Å²) in [6.45, 7) is 5.12. The zero-order valence-electron chi connectivity index (χ0n) is 10.6. The van der Waals surface area contributed by atoms with Gasteiger partial charge in [0.15, 0.2) is 5.96 Å². The lowest BCUT2D eigenvalue weighted by Gasteiger charge is -2.12. The third-order valence-electron chi connectivity index (χ3n) is 2.17. The van der Waals surface area contributed by atoms with E-state index in [1.807, 2.05) is 26.1 Å². The van der Waals surface area contributed by atoms with Gasteiger partial charge in [0.05, 0.1) is 13.2 Å². The Labute approximate surface area is 102 Å². The molecule has 0 spiro atoms. The van der Waals surface area contributed by atoms with Crippen molar-refractivity contribution < 1.29 is 4.74 Å². The Kier molecular flexibility index (Phi) is 5.42. The summed E-state index contributed by atoms with van der Waals surface area (Å²) < 4.78 is 5.00. The summed E-state index contributed by atoms with van der Waals surface area (Å²) >= 11 is 0. The average Bonchev–Trinajstić information content (AvgIpc) is 2.27. The van der Waals surface area contributed by atoms with Gasteiger partial charge in [0.1, 0.15) is 0 Å². The van der Waals surface area contributed by atoms with E-state index in [9.17, 15) is 0 Å². The number of nitrogens with zero attached hydrogens (tertiary/aromatic N) is 2. The second-order valence-corrected chi connectivity index (χ2v) is 4.07. The summed E-state index contributed by atoms with van der Waals surface area (Å²) in [5, 5.41) is 3.05. The molecule has 1 aromatic rings. The lowest BCUT2D eigenvalue weighted by atomic mass is 10.2. The Hall–Kier alpha value is -1.62. The predicted molar refractivity (Wildman–Crippen MR) is 68.8 cm³/mol. The largest absolute Gasteiger partial charge is 0.383 e. The molecule has 1 unspecified atom stereocenters. The van der Waals surface area contributed by atoms with Crippen LogP contribution in [0.2, 0.25) is 0 Å². The van der Waals surface area contributed by atoms with E-state index in [1.165, 1.54) is 0 Å². The highest BCUT2D eigenvalue weighted by Gasteiger charge is 2.01. The van der Waals surface area contributed by atoms with Crippen molar-refractivity contribution in [2.45, 2.75) is 26.4 Å². The summed E-state index contributed by atoms with van der Waals surface area (Å²) in [6.07, 6.45) is 3.61. The number of ether oxygens (including phenoxy) is 1. The van der Waals surface area contributed by atoms with E-state index < -0.39 is 0 Å². The Balaban J connectivity index is 2.47. The molecule has 0 saturated heterocycles. The number of aryl methyl sites for hydroxylation is 1. The van der Waals surface area contributed by atoms with Gasteiger partial charge in [-0.3, -0.25) is 4.98 Å². The monoisotopic (exact) mass is 236 g/mol. The molecule has 0 aliphatic heterocycles. The molecule has 94 valence electrons. The van der Waals surface area contributed by atoms with Gasteiger partial charge in [-0.05, 0) is 25.0 Å². The first-order chi connectivity index (χ1) is 8.11. The first-order valence-corrected chi connectivity index (χ1v) is 5.57. The summed E-state index contributed by atoms with van der Waals surface area (Å²) in [5.74, 6) is 0.427. The predicted octanol–water partition coefficient (Wildman–Crippen LogP) is 0.829. The van der Waals surface area contributed by atoms with Gasteiger partial charge in [0.25, 0.3) is 0 Å². The smallest absolute Gasteiger partial charge is 0.189 e. The number of hydrogen-bond acceptors (Lipinski definition) is 3. The van der Waals surface area contributed by atoms with Crippen molar-refractivity contribution in [3.05, 3.63) is 29.6 Å². The van der Waals surface area contributed by atoms with Crippen LogP contribution in [-0.4, -0.2) is 30.7 Å². The molecule has 0 aliphatic carbocycles. The van der Waals surface area contributed by atoms with Crippen molar-refractivity contribution in [2.24, 2.45) is 10.7 Å². The van der Waals surface area contributed by atoms with E-state index in [1.54, 1.807) is 13.3 Å². The van der Waals surface area contributed by atoms with Crippen LogP contribution in [0.5, 0.6) is 0 Å². The number of aromatic nitrogens is 1. The molecule has 17 heavy (non-hydrogen) atoms. The lowest BCUT2D eigenvalue weighted by molar-refractivity contribution is 0.179. The zero-order valence-corrected chi connectivity index (χ0v) is 10.6. The lowest BCUT2D eigenvalue weighted by Crippen LogP contribution is -2.40. The average molecular weight is 236 g/mol. The number of rotatable bonds is 5. The van der Waals surface area contributed by atoms with Crippen molar-refractivity contribution in [2.75, 3.05) is 13.7 Å². The molecule has 1 heterocycles. The Morgan fingerprint density at radius 1 is 1.59 bits per heavy atom. The molecule has 0 saturated carbocycles. The van der Waals surface area contributed by atoms with Crippen LogP contribution >= 0.6 is 0 Å². The number of methoxy groups -OCH3 is 1. The molecule has 1 aromatic heterocycles. The van der Waals surface area contributed by atoms with Crippen LogP contribution in [0.3, 0.4) is 0 Å². The van der Waals surface area contributed by atoms with E-state index in [4.69, 9.17) is 10.5 Å². The van der Waals surface area contributed by atoms with Gasteiger partial charge in [0, 0.05) is 25.5 Å². The number of nitrogens with two attached hydrogens (primary N) is 1. The van der Waals surface area contributed by atoms with Gasteiger partial charge in [0.2, 0.25) is 0 Å². The van der Waals surface area contributed by atoms with Crippen LogP contribution < -0.4 is 11.1 Å². The van der Waals surface area contributed by atoms with E-state index in [-0.39, 0.29) is 6.04 Å². The maximum Gasteiger partial charge on any atom is 0.189 e.